The lowest BCUT2D eigenvalue weighted by molar-refractivity contribution is 0.124. The molecule has 0 aromatic carbocycles. The third kappa shape index (κ3) is 2.99. The van der Waals surface area contributed by atoms with Crippen molar-refractivity contribution in [2.24, 2.45) is 0 Å². The van der Waals surface area contributed by atoms with Crippen molar-refractivity contribution >= 4 is 7.69 Å². The summed E-state index contributed by atoms with van der Waals surface area (Å²) in [6, 6.07) is 0. The highest BCUT2D eigenvalue weighted by Gasteiger charge is 2.19. The van der Waals surface area contributed by atoms with Gasteiger partial charge in [-0.25, -0.2) is 0 Å². The molecule has 3 heteroatoms. The quantitative estimate of drug-likeness (QED) is 0.620. The van der Waals surface area contributed by atoms with E-state index in [1.54, 1.807) is 0 Å². The van der Waals surface area contributed by atoms with E-state index in [2.05, 4.69) is 0 Å². The van der Waals surface area contributed by atoms with Crippen molar-refractivity contribution in [3.63, 3.8) is 0 Å². The van der Waals surface area contributed by atoms with E-state index in [0.29, 0.717) is 19.9 Å². The van der Waals surface area contributed by atoms with Gasteiger partial charge in [-0.15, -0.1) is 0 Å². The summed E-state index contributed by atoms with van der Waals surface area (Å²) in [5.41, 5.74) is 0. The second-order valence-corrected chi connectivity index (χ2v) is 4.26. The van der Waals surface area contributed by atoms with Gasteiger partial charge in [-0.1, -0.05) is 25.7 Å². The Morgan fingerprint density at radius 2 is 1.08 bits per heavy atom. The molecule has 2 aliphatic carbocycles. The Morgan fingerprint density at radius 3 is 1.46 bits per heavy atom. The van der Waals surface area contributed by atoms with Gasteiger partial charge in [0.1, 0.15) is 0 Å². The molecule has 0 aromatic rings. The zero-order valence-corrected chi connectivity index (χ0v) is 8.34. The van der Waals surface area contributed by atoms with Crippen LogP contribution in [0.3, 0.4) is 0 Å². The highest BCUT2D eigenvalue weighted by atomic mass is 16.6. The van der Waals surface area contributed by atoms with E-state index in [0.717, 1.165) is 0 Å². The molecule has 0 spiro atoms. The van der Waals surface area contributed by atoms with Crippen molar-refractivity contribution < 1.29 is 9.31 Å². The molecule has 0 unspecified atom stereocenters. The van der Waals surface area contributed by atoms with Crippen molar-refractivity contribution in [3.8, 4) is 0 Å². The summed E-state index contributed by atoms with van der Waals surface area (Å²) >= 11 is 0. The highest BCUT2D eigenvalue weighted by molar-refractivity contribution is 6.18. The lowest BCUT2D eigenvalue weighted by Gasteiger charge is -2.13. The first-order valence-corrected chi connectivity index (χ1v) is 5.68. The second kappa shape index (κ2) is 5.01. The molecule has 2 fully saturated rings. The summed E-state index contributed by atoms with van der Waals surface area (Å²) in [6.45, 7) is 0. The standard InChI is InChI=1S/C10H19BO2/c1-2-6-9(5-1)12-11-13-10-7-3-4-8-10/h9-11H,1-8H2. The van der Waals surface area contributed by atoms with Gasteiger partial charge in [0.15, 0.2) is 0 Å². The van der Waals surface area contributed by atoms with Crippen LogP contribution in [-0.2, 0) is 9.31 Å². The molecule has 0 aromatic heterocycles. The van der Waals surface area contributed by atoms with Crippen molar-refractivity contribution in [3.05, 3.63) is 0 Å². The third-order valence-corrected chi connectivity index (χ3v) is 3.21. The van der Waals surface area contributed by atoms with Crippen molar-refractivity contribution in [2.45, 2.75) is 63.6 Å². The third-order valence-electron chi connectivity index (χ3n) is 3.21. The zero-order chi connectivity index (χ0) is 8.93. The maximum absolute atomic E-state index is 5.64. The predicted molar refractivity (Wildman–Crippen MR) is 53.8 cm³/mol. The molecule has 74 valence electrons. The summed E-state index contributed by atoms with van der Waals surface area (Å²) in [4.78, 5) is 0. The minimum atomic E-state index is 0.501. The fourth-order valence-corrected chi connectivity index (χ4v) is 2.34. The average molecular weight is 182 g/mol. The maximum atomic E-state index is 5.64. The van der Waals surface area contributed by atoms with Crippen LogP contribution >= 0.6 is 0 Å². The normalized spacial score (nSPS) is 25.5. The molecule has 0 amide bonds. The SMILES string of the molecule is B(OC1CCCC1)OC1CCCC1. The molecule has 13 heavy (non-hydrogen) atoms. The Hall–Kier alpha value is -0.0151. The molecule has 0 aliphatic heterocycles. The summed E-state index contributed by atoms with van der Waals surface area (Å²) in [7, 11) is 0.537. The fourth-order valence-electron chi connectivity index (χ4n) is 2.34. The van der Waals surface area contributed by atoms with E-state index in [4.69, 9.17) is 9.31 Å². The molecule has 2 rings (SSSR count). The van der Waals surface area contributed by atoms with Gasteiger partial charge >= 0.3 is 7.69 Å². The first-order chi connectivity index (χ1) is 6.45. The molecular formula is C10H19BO2. The Balaban J connectivity index is 1.52. The minimum absolute atomic E-state index is 0.501. The van der Waals surface area contributed by atoms with Crippen LogP contribution in [0.2, 0.25) is 0 Å². The Morgan fingerprint density at radius 1 is 0.692 bits per heavy atom. The number of rotatable bonds is 4. The summed E-state index contributed by atoms with van der Waals surface area (Å²) < 4.78 is 11.3. The van der Waals surface area contributed by atoms with Gasteiger partial charge in [0, 0.05) is 12.2 Å². The van der Waals surface area contributed by atoms with Crippen molar-refractivity contribution in [1.29, 1.82) is 0 Å². The van der Waals surface area contributed by atoms with Gasteiger partial charge in [-0.05, 0) is 25.7 Å². The number of hydrogen-bond donors (Lipinski definition) is 0. The van der Waals surface area contributed by atoms with Gasteiger partial charge in [0.2, 0.25) is 0 Å². The molecular weight excluding hydrogens is 163 g/mol. The van der Waals surface area contributed by atoms with Gasteiger partial charge in [0.25, 0.3) is 0 Å². The van der Waals surface area contributed by atoms with Crippen LogP contribution in [0.4, 0.5) is 0 Å². The van der Waals surface area contributed by atoms with Crippen LogP contribution in [0.25, 0.3) is 0 Å². The zero-order valence-electron chi connectivity index (χ0n) is 8.34. The van der Waals surface area contributed by atoms with Crippen LogP contribution in [0.5, 0.6) is 0 Å². The molecule has 0 N–H and O–H groups in total. The van der Waals surface area contributed by atoms with Crippen LogP contribution in [0.1, 0.15) is 51.4 Å². The lowest BCUT2D eigenvalue weighted by Crippen LogP contribution is -2.18. The molecule has 0 atom stereocenters. The van der Waals surface area contributed by atoms with E-state index >= 15 is 0 Å². The smallest absolute Gasteiger partial charge is 0.411 e. The van der Waals surface area contributed by atoms with Gasteiger partial charge in [-0.2, -0.15) is 0 Å². The Kier molecular flexibility index (Phi) is 3.68. The Bertz CT molecular complexity index is 124. The first-order valence-electron chi connectivity index (χ1n) is 5.68. The maximum Gasteiger partial charge on any atom is 0.438 e. The van der Waals surface area contributed by atoms with Gasteiger partial charge in [-0.3, -0.25) is 0 Å². The van der Waals surface area contributed by atoms with E-state index in [1.165, 1.54) is 51.4 Å². The van der Waals surface area contributed by atoms with Gasteiger partial charge < -0.3 is 9.31 Å². The van der Waals surface area contributed by atoms with Gasteiger partial charge in [0.05, 0.1) is 0 Å². The number of hydrogen-bond acceptors (Lipinski definition) is 2. The van der Waals surface area contributed by atoms with E-state index < -0.39 is 0 Å². The highest BCUT2D eigenvalue weighted by Crippen LogP contribution is 2.22. The molecule has 2 saturated carbocycles. The van der Waals surface area contributed by atoms with Crippen LogP contribution < -0.4 is 0 Å². The van der Waals surface area contributed by atoms with Crippen LogP contribution in [-0.4, -0.2) is 19.9 Å². The van der Waals surface area contributed by atoms with Crippen molar-refractivity contribution in [1.82, 2.24) is 0 Å². The fraction of sp³-hybridized carbons (Fsp3) is 1.00. The van der Waals surface area contributed by atoms with Crippen molar-refractivity contribution in [2.75, 3.05) is 0 Å². The summed E-state index contributed by atoms with van der Waals surface area (Å²) in [6.07, 6.45) is 11.3. The van der Waals surface area contributed by atoms with E-state index in [1.807, 2.05) is 0 Å². The molecule has 0 saturated heterocycles. The van der Waals surface area contributed by atoms with Crippen LogP contribution in [0, 0.1) is 0 Å². The molecule has 0 heterocycles. The topological polar surface area (TPSA) is 18.5 Å². The molecule has 2 nitrogen and oxygen atoms in total. The Labute approximate surface area is 81.3 Å². The molecule has 0 bridgehead atoms. The summed E-state index contributed by atoms with van der Waals surface area (Å²) in [5, 5.41) is 0. The largest absolute Gasteiger partial charge is 0.438 e. The average Bonchev–Trinajstić information content (AvgIpc) is 2.75. The monoisotopic (exact) mass is 182 g/mol. The van der Waals surface area contributed by atoms with E-state index in [9.17, 15) is 0 Å². The summed E-state index contributed by atoms with van der Waals surface area (Å²) in [5.74, 6) is 0. The second-order valence-electron chi connectivity index (χ2n) is 4.26. The predicted octanol–water partition coefficient (Wildman–Crippen LogP) is 2.17. The molecule has 2 aliphatic rings. The lowest BCUT2D eigenvalue weighted by atomic mass is 10.2. The first kappa shape index (κ1) is 9.54. The minimum Gasteiger partial charge on any atom is -0.411 e. The van der Waals surface area contributed by atoms with Crippen LogP contribution in [0.15, 0.2) is 0 Å². The van der Waals surface area contributed by atoms with E-state index in [-0.39, 0.29) is 0 Å². The molecule has 0 radical (unpaired) electrons.